The van der Waals surface area contributed by atoms with Gasteiger partial charge in [0, 0.05) is 16.6 Å². The first kappa shape index (κ1) is 19.9. The number of methoxy groups -OCH3 is 2. The smallest absolute Gasteiger partial charge is 0.341 e. The minimum Gasteiger partial charge on any atom is -0.497 e. The summed E-state index contributed by atoms with van der Waals surface area (Å²) < 4.78 is 10.1. The predicted octanol–water partition coefficient (Wildman–Crippen LogP) is 4.82. The molecule has 0 unspecified atom stereocenters. The number of carbonyl (C=O) groups is 2. The Hall–Kier alpha value is -2.90. The van der Waals surface area contributed by atoms with Crippen molar-refractivity contribution in [3.8, 4) is 16.9 Å². The van der Waals surface area contributed by atoms with E-state index in [2.05, 4.69) is 10.3 Å². The van der Waals surface area contributed by atoms with Crippen LogP contribution in [-0.4, -0.2) is 31.1 Å². The first-order chi connectivity index (χ1) is 13.5. The molecule has 0 aliphatic heterocycles. The van der Waals surface area contributed by atoms with E-state index in [1.165, 1.54) is 24.6 Å². The second-order valence-corrected chi connectivity index (χ2v) is 7.34. The van der Waals surface area contributed by atoms with Gasteiger partial charge in [0.05, 0.1) is 19.8 Å². The zero-order valence-electron chi connectivity index (χ0n) is 15.4. The van der Waals surface area contributed by atoms with Crippen LogP contribution in [-0.2, 0) is 4.74 Å². The van der Waals surface area contributed by atoms with Gasteiger partial charge in [-0.3, -0.25) is 4.79 Å². The molecular formula is C20H17ClN2O4S. The van der Waals surface area contributed by atoms with Gasteiger partial charge in [-0.1, -0.05) is 23.7 Å². The van der Waals surface area contributed by atoms with Gasteiger partial charge in [-0.25, -0.2) is 9.78 Å². The molecule has 0 saturated carbocycles. The topological polar surface area (TPSA) is 77.5 Å². The highest BCUT2D eigenvalue weighted by molar-refractivity contribution is 7.17. The molecule has 28 heavy (non-hydrogen) atoms. The van der Waals surface area contributed by atoms with E-state index in [1.807, 2.05) is 19.1 Å². The van der Waals surface area contributed by atoms with E-state index in [-0.39, 0.29) is 10.7 Å². The number of hydrogen-bond acceptors (Lipinski definition) is 6. The Bertz CT molecular complexity index is 1030. The molecule has 3 aromatic rings. The van der Waals surface area contributed by atoms with E-state index in [1.54, 1.807) is 31.4 Å². The second kappa shape index (κ2) is 8.41. The number of nitrogens with zero attached hydrogens (tertiary/aromatic N) is 1. The molecule has 3 rings (SSSR count). The fraction of sp³-hybridized carbons (Fsp3) is 0.150. The number of pyridine rings is 1. The van der Waals surface area contributed by atoms with Crippen molar-refractivity contribution in [2.75, 3.05) is 19.5 Å². The number of anilines is 1. The Morgan fingerprint density at radius 1 is 1.14 bits per heavy atom. The largest absolute Gasteiger partial charge is 0.497 e. The van der Waals surface area contributed by atoms with E-state index in [0.717, 1.165) is 10.4 Å². The molecule has 1 aromatic carbocycles. The molecule has 0 bridgehead atoms. The lowest BCUT2D eigenvalue weighted by Gasteiger charge is -2.09. The SMILES string of the molecule is COC(=O)c1c(NC(=O)c2cccnc2Cl)sc(C)c1-c1ccc(OC)cc1. The minimum absolute atomic E-state index is 0.0864. The molecule has 2 heterocycles. The number of ether oxygens (including phenoxy) is 2. The van der Waals surface area contributed by atoms with Crippen LogP contribution in [0.5, 0.6) is 5.75 Å². The standard InChI is InChI=1S/C20H17ClN2O4S/c1-11-15(12-6-8-13(26-2)9-7-12)16(20(25)27-3)19(28-11)23-18(24)14-5-4-10-22-17(14)21/h4-10H,1-3H3,(H,23,24). The predicted molar refractivity (Wildman–Crippen MR) is 110 cm³/mol. The third kappa shape index (κ3) is 3.85. The highest BCUT2D eigenvalue weighted by atomic mass is 35.5. The summed E-state index contributed by atoms with van der Waals surface area (Å²) in [4.78, 5) is 29.9. The molecule has 0 atom stereocenters. The number of amides is 1. The summed E-state index contributed by atoms with van der Waals surface area (Å²) in [5, 5.41) is 3.24. The molecule has 8 heteroatoms. The molecule has 0 spiro atoms. The Balaban J connectivity index is 2.05. The van der Waals surface area contributed by atoms with Gasteiger partial charge in [-0.15, -0.1) is 11.3 Å². The zero-order valence-corrected chi connectivity index (χ0v) is 17.0. The molecule has 2 aromatic heterocycles. The highest BCUT2D eigenvalue weighted by Crippen LogP contribution is 2.41. The van der Waals surface area contributed by atoms with E-state index < -0.39 is 11.9 Å². The molecule has 0 aliphatic rings. The van der Waals surface area contributed by atoms with Crippen LogP contribution in [0.1, 0.15) is 25.6 Å². The Kier molecular flexibility index (Phi) is 5.96. The van der Waals surface area contributed by atoms with Crippen molar-refractivity contribution in [3.05, 3.63) is 63.8 Å². The number of esters is 1. The third-order valence-corrected chi connectivity index (χ3v) is 5.41. The van der Waals surface area contributed by atoms with Crippen LogP contribution < -0.4 is 10.1 Å². The van der Waals surface area contributed by atoms with Gasteiger partial charge in [-0.2, -0.15) is 0 Å². The molecule has 0 fully saturated rings. The van der Waals surface area contributed by atoms with Crippen LogP contribution in [0.3, 0.4) is 0 Å². The number of aryl methyl sites for hydroxylation is 1. The van der Waals surface area contributed by atoms with Crippen LogP contribution in [0, 0.1) is 6.92 Å². The maximum absolute atomic E-state index is 12.6. The summed E-state index contributed by atoms with van der Waals surface area (Å²) in [6.07, 6.45) is 1.50. The molecular weight excluding hydrogens is 400 g/mol. The number of nitrogens with one attached hydrogen (secondary N) is 1. The average Bonchev–Trinajstić information content (AvgIpc) is 3.03. The summed E-state index contributed by atoms with van der Waals surface area (Å²) in [7, 11) is 2.89. The lowest BCUT2D eigenvalue weighted by Crippen LogP contribution is -2.15. The molecule has 144 valence electrons. The number of carbonyl (C=O) groups excluding carboxylic acids is 2. The summed E-state index contributed by atoms with van der Waals surface area (Å²) in [5.74, 6) is -0.287. The summed E-state index contributed by atoms with van der Waals surface area (Å²) >= 11 is 7.29. The van der Waals surface area contributed by atoms with E-state index in [0.29, 0.717) is 21.9 Å². The van der Waals surface area contributed by atoms with E-state index >= 15 is 0 Å². The summed E-state index contributed by atoms with van der Waals surface area (Å²) in [6, 6.07) is 10.5. The van der Waals surface area contributed by atoms with E-state index in [4.69, 9.17) is 21.1 Å². The fourth-order valence-corrected chi connectivity index (χ4v) is 4.03. The molecule has 0 aliphatic carbocycles. The normalized spacial score (nSPS) is 10.4. The number of thiophene rings is 1. The van der Waals surface area contributed by atoms with Crippen LogP contribution in [0.2, 0.25) is 5.15 Å². The van der Waals surface area contributed by atoms with Gasteiger partial charge in [0.2, 0.25) is 0 Å². The van der Waals surface area contributed by atoms with Gasteiger partial charge in [-0.05, 0) is 36.8 Å². The zero-order chi connectivity index (χ0) is 20.3. The van der Waals surface area contributed by atoms with Crippen LogP contribution >= 0.6 is 22.9 Å². The van der Waals surface area contributed by atoms with Crippen molar-refractivity contribution < 1.29 is 19.1 Å². The third-order valence-electron chi connectivity index (χ3n) is 4.08. The van der Waals surface area contributed by atoms with Crippen molar-refractivity contribution >= 4 is 39.8 Å². The second-order valence-electron chi connectivity index (χ2n) is 5.75. The maximum atomic E-state index is 12.6. The van der Waals surface area contributed by atoms with Crippen molar-refractivity contribution in [1.82, 2.24) is 4.98 Å². The monoisotopic (exact) mass is 416 g/mol. The highest BCUT2D eigenvalue weighted by Gasteiger charge is 2.26. The van der Waals surface area contributed by atoms with Gasteiger partial charge >= 0.3 is 5.97 Å². The quantitative estimate of drug-likeness (QED) is 0.476. The van der Waals surface area contributed by atoms with Gasteiger partial charge < -0.3 is 14.8 Å². The number of aromatic nitrogens is 1. The first-order valence-corrected chi connectivity index (χ1v) is 9.43. The van der Waals surface area contributed by atoms with E-state index in [9.17, 15) is 9.59 Å². The minimum atomic E-state index is -0.539. The van der Waals surface area contributed by atoms with Crippen molar-refractivity contribution in [1.29, 1.82) is 0 Å². The number of rotatable bonds is 5. The van der Waals surface area contributed by atoms with Crippen LogP contribution in [0.4, 0.5) is 5.00 Å². The Labute approximate surface area is 171 Å². The molecule has 6 nitrogen and oxygen atoms in total. The molecule has 1 amide bonds. The number of hydrogen-bond donors (Lipinski definition) is 1. The lowest BCUT2D eigenvalue weighted by atomic mass is 10.0. The van der Waals surface area contributed by atoms with Crippen LogP contribution in [0.25, 0.3) is 11.1 Å². The molecule has 0 radical (unpaired) electrons. The maximum Gasteiger partial charge on any atom is 0.341 e. The lowest BCUT2D eigenvalue weighted by molar-refractivity contribution is 0.0603. The Morgan fingerprint density at radius 2 is 1.86 bits per heavy atom. The molecule has 1 N–H and O–H groups in total. The summed E-state index contributed by atoms with van der Waals surface area (Å²) in [6.45, 7) is 1.88. The first-order valence-electron chi connectivity index (χ1n) is 8.24. The molecule has 0 saturated heterocycles. The van der Waals surface area contributed by atoms with Gasteiger partial charge in [0.15, 0.2) is 0 Å². The van der Waals surface area contributed by atoms with Gasteiger partial charge in [0.25, 0.3) is 5.91 Å². The fourth-order valence-electron chi connectivity index (χ4n) is 2.76. The number of benzene rings is 1. The van der Waals surface area contributed by atoms with Crippen molar-refractivity contribution in [2.45, 2.75) is 6.92 Å². The van der Waals surface area contributed by atoms with Crippen molar-refractivity contribution in [3.63, 3.8) is 0 Å². The number of halogens is 1. The van der Waals surface area contributed by atoms with Crippen molar-refractivity contribution in [2.24, 2.45) is 0 Å². The average molecular weight is 417 g/mol. The van der Waals surface area contributed by atoms with Gasteiger partial charge in [0.1, 0.15) is 21.5 Å². The summed E-state index contributed by atoms with van der Waals surface area (Å²) in [5.41, 5.74) is 2.03. The van der Waals surface area contributed by atoms with Crippen LogP contribution in [0.15, 0.2) is 42.6 Å². The Morgan fingerprint density at radius 3 is 2.46 bits per heavy atom.